The normalized spacial score (nSPS) is 17.1. The van der Waals surface area contributed by atoms with Gasteiger partial charge in [0.05, 0.1) is 12.6 Å². The Morgan fingerprint density at radius 2 is 2.00 bits per heavy atom. The summed E-state index contributed by atoms with van der Waals surface area (Å²) >= 11 is 0. The first-order valence-electron chi connectivity index (χ1n) is 5.71. The van der Waals surface area contributed by atoms with Crippen molar-refractivity contribution in [2.45, 2.75) is 38.8 Å². The van der Waals surface area contributed by atoms with Gasteiger partial charge in [0, 0.05) is 13.1 Å². The van der Waals surface area contributed by atoms with Gasteiger partial charge in [-0.3, -0.25) is 9.59 Å². The molecule has 1 aliphatic carbocycles. The Labute approximate surface area is 96.4 Å². The fraction of sp³-hybridized carbons (Fsp3) is 0.818. The van der Waals surface area contributed by atoms with E-state index in [9.17, 15) is 9.59 Å². The summed E-state index contributed by atoms with van der Waals surface area (Å²) < 4.78 is 0. The molecule has 1 atom stereocenters. The summed E-state index contributed by atoms with van der Waals surface area (Å²) in [5, 5.41) is 2.83. The van der Waals surface area contributed by atoms with Gasteiger partial charge in [-0.1, -0.05) is 13.8 Å². The van der Waals surface area contributed by atoms with Crippen LogP contribution < -0.4 is 11.1 Å². The molecule has 0 radical (unpaired) electrons. The van der Waals surface area contributed by atoms with E-state index >= 15 is 0 Å². The molecule has 3 N–H and O–H groups in total. The zero-order chi connectivity index (χ0) is 12.3. The van der Waals surface area contributed by atoms with E-state index in [-0.39, 0.29) is 24.3 Å². The summed E-state index contributed by atoms with van der Waals surface area (Å²) in [4.78, 5) is 24.6. The minimum absolute atomic E-state index is 0.0847. The number of nitrogens with two attached hydrogens (primary N) is 1. The van der Waals surface area contributed by atoms with Gasteiger partial charge in [-0.25, -0.2) is 0 Å². The molecule has 1 fully saturated rings. The predicted octanol–water partition coefficient (Wildman–Crippen LogP) is -0.293. The SMILES string of the molecule is CC(C)C(N)C(=O)N(C)CC(=O)NC1CC1. The number of nitrogens with zero attached hydrogens (tertiary/aromatic N) is 1. The van der Waals surface area contributed by atoms with Crippen molar-refractivity contribution >= 4 is 11.8 Å². The highest BCUT2D eigenvalue weighted by atomic mass is 16.2. The number of hydrogen-bond donors (Lipinski definition) is 2. The third-order valence-corrected chi connectivity index (χ3v) is 2.70. The van der Waals surface area contributed by atoms with Gasteiger partial charge in [0.15, 0.2) is 0 Å². The minimum Gasteiger partial charge on any atom is -0.352 e. The maximum atomic E-state index is 11.7. The summed E-state index contributed by atoms with van der Waals surface area (Å²) in [6, 6.07) is -0.200. The standard InChI is InChI=1S/C11H21N3O2/c1-7(2)10(12)11(16)14(3)6-9(15)13-8-4-5-8/h7-8,10H,4-6,12H2,1-3H3,(H,13,15). The van der Waals surface area contributed by atoms with Crippen LogP contribution in [-0.4, -0.2) is 42.4 Å². The Hall–Kier alpha value is -1.10. The number of carbonyl (C=O) groups excluding carboxylic acids is 2. The number of amides is 2. The average molecular weight is 227 g/mol. The topological polar surface area (TPSA) is 75.4 Å². The Morgan fingerprint density at radius 1 is 1.44 bits per heavy atom. The molecular formula is C11H21N3O2. The third kappa shape index (κ3) is 3.81. The van der Waals surface area contributed by atoms with Gasteiger partial charge >= 0.3 is 0 Å². The fourth-order valence-corrected chi connectivity index (χ4v) is 1.33. The van der Waals surface area contributed by atoms with Crippen molar-refractivity contribution in [1.82, 2.24) is 10.2 Å². The monoisotopic (exact) mass is 227 g/mol. The molecule has 0 aliphatic heterocycles. The van der Waals surface area contributed by atoms with Crippen molar-refractivity contribution < 1.29 is 9.59 Å². The molecule has 0 bridgehead atoms. The maximum Gasteiger partial charge on any atom is 0.239 e. The van der Waals surface area contributed by atoms with Crippen molar-refractivity contribution in [3.63, 3.8) is 0 Å². The van der Waals surface area contributed by atoms with Crippen LogP contribution in [0.2, 0.25) is 0 Å². The molecule has 92 valence electrons. The fourth-order valence-electron chi connectivity index (χ4n) is 1.33. The zero-order valence-corrected chi connectivity index (χ0v) is 10.2. The third-order valence-electron chi connectivity index (χ3n) is 2.70. The number of rotatable bonds is 5. The van der Waals surface area contributed by atoms with Crippen molar-refractivity contribution in [1.29, 1.82) is 0 Å². The first-order chi connectivity index (χ1) is 7.41. The van der Waals surface area contributed by atoms with Crippen LogP contribution >= 0.6 is 0 Å². The quantitative estimate of drug-likeness (QED) is 0.677. The van der Waals surface area contributed by atoms with Crippen molar-refractivity contribution in [3.05, 3.63) is 0 Å². The Bertz CT molecular complexity index is 274. The molecule has 5 nitrogen and oxygen atoms in total. The molecule has 0 aromatic rings. The summed E-state index contributed by atoms with van der Waals surface area (Å²) in [6.45, 7) is 3.87. The van der Waals surface area contributed by atoms with E-state index in [2.05, 4.69) is 5.32 Å². The van der Waals surface area contributed by atoms with Crippen molar-refractivity contribution in [2.24, 2.45) is 11.7 Å². The van der Waals surface area contributed by atoms with Crippen molar-refractivity contribution in [2.75, 3.05) is 13.6 Å². The summed E-state index contributed by atoms with van der Waals surface area (Å²) in [5.41, 5.74) is 5.73. The number of nitrogens with one attached hydrogen (secondary N) is 1. The zero-order valence-electron chi connectivity index (χ0n) is 10.2. The van der Waals surface area contributed by atoms with Crippen LogP contribution in [0.4, 0.5) is 0 Å². The van der Waals surface area contributed by atoms with Crippen LogP contribution in [0.25, 0.3) is 0 Å². The molecule has 0 heterocycles. The maximum absolute atomic E-state index is 11.7. The van der Waals surface area contributed by atoms with E-state index in [0.29, 0.717) is 6.04 Å². The molecule has 1 aliphatic rings. The summed E-state index contributed by atoms with van der Waals surface area (Å²) in [7, 11) is 1.61. The molecule has 1 unspecified atom stereocenters. The van der Waals surface area contributed by atoms with Crippen LogP contribution in [0.1, 0.15) is 26.7 Å². The first-order valence-corrected chi connectivity index (χ1v) is 5.71. The van der Waals surface area contributed by atoms with E-state index < -0.39 is 6.04 Å². The lowest BCUT2D eigenvalue weighted by Crippen LogP contribution is -2.48. The lowest BCUT2D eigenvalue weighted by molar-refractivity contribution is -0.136. The minimum atomic E-state index is -0.529. The van der Waals surface area contributed by atoms with Gasteiger partial charge in [-0.2, -0.15) is 0 Å². The Morgan fingerprint density at radius 3 is 2.44 bits per heavy atom. The molecule has 1 rings (SSSR count). The Kier molecular flexibility index (Phi) is 4.29. The number of carbonyl (C=O) groups is 2. The molecule has 5 heteroatoms. The molecule has 0 aromatic heterocycles. The predicted molar refractivity (Wildman–Crippen MR) is 61.6 cm³/mol. The van der Waals surface area contributed by atoms with Crippen LogP contribution in [0, 0.1) is 5.92 Å². The molecule has 2 amide bonds. The van der Waals surface area contributed by atoms with Gasteiger partial charge < -0.3 is 16.0 Å². The van der Waals surface area contributed by atoms with Crippen LogP contribution in [0.15, 0.2) is 0 Å². The lowest BCUT2D eigenvalue weighted by atomic mass is 10.0. The second kappa shape index (κ2) is 5.30. The molecule has 0 saturated heterocycles. The average Bonchev–Trinajstić information content (AvgIpc) is 2.98. The van der Waals surface area contributed by atoms with Gasteiger partial charge in [0.25, 0.3) is 0 Å². The molecule has 1 saturated carbocycles. The van der Waals surface area contributed by atoms with Gasteiger partial charge in [-0.15, -0.1) is 0 Å². The molecule has 0 spiro atoms. The van der Waals surface area contributed by atoms with Gasteiger partial charge in [0.2, 0.25) is 11.8 Å². The van der Waals surface area contributed by atoms with Crippen molar-refractivity contribution in [3.8, 4) is 0 Å². The first kappa shape index (κ1) is 13.0. The second-order valence-electron chi connectivity index (χ2n) is 4.81. The van der Waals surface area contributed by atoms with E-state index in [0.717, 1.165) is 12.8 Å². The molecular weight excluding hydrogens is 206 g/mol. The highest BCUT2D eigenvalue weighted by Crippen LogP contribution is 2.18. The van der Waals surface area contributed by atoms with Gasteiger partial charge in [0.1, 0.15) is 0 Å². The van der Waals surface area contributed by atoms with Gasteiger partial charge in [-0.05, 0) is 18.8 Å². The van der Waals surface area contributed by atoms with E-state index in [1.807, 2.05) is 13.8 Å². The largest absolute Gasteiger partial charge is 0.352 e. The second-order valence-corrected chi connectivity index (χ2v) is 4.81. The van der Waals surface area contributed by atoms with Crippen LogP contribution in [0.3, 0.4) is 0 Å². The lowest BCUT2D eigenvalue weighted by Gasteiger charge is -2.22. The van der Waals surface area contributed by atoms with E-state index in [4.69, 9.17) is 5.73 Å². The Balaban J connectivity index is 2.34. The highest BCUT2D eigenvalue weighted by molar-refractivity contribution is 5.87. The smallest absolute Gasteiger partial charge is 0.239 e. The molecule has 0 aromatic carbocycles. The van der Waals surface area contributed by atoms with Crippen LogP contribution in [-0.2, 0) is 9.59 Å². The number of likely N-dealkylation sites (N-methyl/N-ethyl adjacent to an activating group) is 1. The van der Waals surface area contributed by atoms with Crippen LogP contribution in [0.5, 0.6) is 0 Å². The number of hydrogen-bond acceptors (Lipinski definition) is 3. The molecule has 16 heavy (non-hydrogen) atoms. The highest BCUT2D eigenvalue weighted by Gasteiger charge is 2.26. The summed E-state index contributed by atoms with van der Waals surface area (Å²) in [6.07, 6.45) is 2.10. The summed E-state index contributed by atoms with van der Waals surface area (Å²) in [5.74, 6) is -0.198. The van der Waals surface area contributed by atoms with E-state index in [1.165, 1.54) is 4.90 Å². The van der Waals surface area contributed by atoms with E-state index in [1.54, 1.807) is 7.05 Å².